The van der Waals surface area contributed by atoms with Crippen LogP contribution in [0.3, 0.4) is 0 Å². The molecule has 1 saturated heterocycles. The van der Waals surface area contributed by atoms with Crippen molar-refractivity contribution < 1.29 is 24.2 Å². The number of carbonyl (C=O) groups is 2. The van der Waals surface area contributed by atoms with Gasteiger partial charge in [-0.1, -0.05) is 19.9 Å². The number of benzene rings is 1. The molecule has 2 aliphatic heterocycles. The fourth-order valence-corrected chi connectivity index (χ4v) is 3.61. The van der Waals surface area contributed by atoms with Crippen molar-refractivity contribution in [2.75, 3.05) is 32.8 Å². The van der Waals surface area contributed by atoms with Crippen LogP contribution in [0.5, 0.6) is 11.5 Å². The first kappa shape index (κ1) is 22.3. The lowest BCUT2D eigenvalue weighted by atomic mass is 9.95. The third kappa shape index (κ3) is 5.52. The monoisotopic (exact) mass is 412 g/mol. The highest BCUT2D eigenvalue weighted by atomic mass is 35.5. The molecule has 1 aromatic rings. The Balaban J connectivity index is 0.00000280. The van der Waals surface area contributed by atoms with Crippen molar-refractivity contribution in [3.05, 3.63) is 23.8 Å². The van der Waals surface area contributed by atoms with Crippen LogP contribution in [0.2, 0.25) is 0 Å². The highest BCUT2D eigenvalue weighted by molar-refractivity contribution is 5.85. The van der Waals surface area contributed by atoms with Crippen LogP contribution in [0.1, 0.15) is 38.3 Å². The Morgan fingerprint density at radius 2 is 1.96 bits per heavy atom. The maximum Gasteiger partial charge on any atom is 0.307 e. The number of ether oxygens (including phenoxy) is 2. The van der Waals surface area contributed by atoms with Crippen molar-refractivity contribution in [2.45, 2.75) is 32.7 Å². The molecule has 2 aliphatic rings. The summed E-state index contributed by atoms with van der Waals surface area (Å²) < 4.78 is 11.4. The predicted molar refractivity (Wildman–Crippen MR) is 107 cm³/mol. The van der Waals surface area contributed by atoms with E-state index in [4.69, 9.17) is 14.6 Å². The van der Waals surface area contributed by atoms with Gasteiger partial charge in [0.2, 0.25) is 5.91 Å². The molecule has 2 heterocycles. The molecule has 0 aliphatic carbocycles. The maximum absolute atomic E-state index is 12.6. The van der Waals surface area contributed by atoms with E-state index < -0.39 is 5.97 Å². The van der Waals surface area contributed by atoms with Crippen LogP contribution in [-0.4, -0.2) is 54.7 Å². The van der Waals surface area contributed by atoms with Crippen molar-refractivity contribution >= 4 is 24.3 Å². The minimum Gasteiger partial charge on any atom is -0.490 e. The van der Waals surface area contributed by atoms with Crippen molar-refractivity contribution in [1.29, 1.82) is 0 Å². The average molecular weight is 413 g/mol. The smallest absolute Gasteiger partial charge is 0.307 e. The molecule has 8 heteroatoms. The van der Waals surface area contributed by atoms with E-state index in [1.54, 1.807) is 0 Å². The van der Waals surface area contributed by atoms with Gasteiger partial charge in [-0.25, -0.2) is 0 Å². The average Bonchev–Trinajstić information content (AvgIpc) is 2.96. The largest absolute Gasteiger partial charge is 0.490 e. The van der Waals surface area contributed by atoms with Crippen molar-refractivity contribution in [1.82, 2.24) is 10.2 Å². The Labute approximate surface area is 171 Å². The van der Waals surface area contributed by atoms with E-state index in [1.165, 1.54) is 0 Å². The number of rotatable bonds is 6. The van der Waals surface area contributed by atoms with Gasteiger partial charge in [-0.05, 0) is 36.6 Å². The highest BCUT2D eigenvalue weighted by Gasteiger charge is 2.29. The quantitative estimate of drug-likeness (QED) is 0.746. The van der Waals surface area contributed by atoms with Gasteiger partial charge in [0.1, 0.15) is 0 Å². The maximum atomic E-state index is 12.6. The summed E-state index contributed by atoms with van der Waals surface area (Å²) >= 11 is 0. The second kappa shape index (κ2) is 9.98. The topological polar surface area (TPSA) is 88.1 Å². The van der Waals surface area contributed by atoms with Gasteiger partial charge in [0.25, 0.3) is 0 Å². The number of nitrogens with zero attached hydrogens (tertiary/aromatic N) is 1. The van der Waals surface area contributed by atoms with Crippen molar-refractivity contribution in [2.24, 2.45) is 11.8 Å². The molecule has 0 saturated carbocycles. The molecule has 0 spiro atoms. The van der Waals surface area contributed by atoms with Gasteiger partial charge in [-0.3, -0.25) is 14.5 Å². The number of likely N-dealkylation sites (tertiary alicyclic amines) is 1. The van der Waals surface area contributed by atoms with Gasteiger partial charge in [-0.2, -0.15) is 0 Å². The standard InChI is InChI=1S/C20H28N2O5.ClH/c1-13(2)19(14-4-5-16-17(10-14)27-9-3-8-26-16)21-18(23)12-22-7-6-15(11-22)20(24)25;/h4-5,10,13,15,19H,3,6-9,11-12H2,1-2H3,(H,21,23)(H,24,25);1H. The van der Waals surface area contributed by atoms with Crippen LogP contribution in [-0.2, 0) is 9.59 Å². The molecule has 1 fully saturated rings. The van der Waals surface area contributed by atoms with E-state index in [0.29, 0.717) is 38.5 Å². The summed E-state index contributed by atoms with van der Waals surface area (Å²) in [5.74, 6) is 0.400. The van der Waals surface area contributed by atoms with Gasteiger partial charge in [0.15, 0.2) is 11.5 Å². The number of aliphatic carboxylic acids is 1. The minimum absolute atomic E-state index is 0. The normalized spacial score (nSPS) is 20.2. The summed E-state index contributed by atoms with van der Waals surface area (Å²) in [7, 11) is 0. The zero-order valence-electron chi connectivity index (χ0n) is 16.3. The predicted octanol–water partition coefficient (Wildman–Crippen LogP) is 2.49. The molecule has 28 heavy (non-hydrogen) atoms. The zero-order valence-corrected chi connectivity index (χ0v) is 17.2. The number of carboxylic acids is 1. The summed E-state index contributed by atoms with van der Waals surface area (Å²) in [5, 5.41) is 12.2. The van der Waals surface area contributed by atoms with Gasteiger partial charge >= 0.3 is 5.97 Å². The van der Waals surface area contributed by atoms with E-state index in [9.17, 15) is 9.59 Å². The molecule has 0 radical (unpaired) electrons. The van der Waals surface area contributed by atoms with Gasteiger partial charge < -0.3 is 19.9 Å². The summed E-state index contributed by atoms with van der Waals surface area (Å²) in [6.07, 6.45) is 1.44. The second-order valence-corrected chi connectivity index (χ2v) is 7.60. The SMILES string of the molecule is CC(C)C(NC(=O)CN1CCC(C(=O)O)C1)c1ccc2c(c1)OCCCO2.Cl. The van der Waals surface area contributed by atoms with Crippen LogP contribution in [0.25, 0.3) is 0 Å². The van der Waals surface area contributed by atoms with E-state index in [1.807, 2.05) is 23.1 Å². The molecule has 2 atom stereocenters. The lowest BCUT2D eigenvalue weighted by Crippen LogP contribution is -2.39. The molecule has 0 bridgehead atoms. The van der Waals surface area contributed by atoms with Crippen LogP contribution >= 0.6 is 12.4 Å². The Morgan fingerprint density at radius 3 is 2.61 bits per heavy atom. The number of hydrogen-bond acceptors (Lipinski definition) is 5. The molecular formula is C20H29ClN2O5. The second-order valence-electron chi connectivity index (χ2n) is 7.60. The Bertz CT molecular complexity index is 697. The number of carboxylic acid groups (broad SMARTS) is 1. The number of amides is 1. The van der Waals surface area contributed by atoms with Gasteiger partial charge in [-0.15, -0.1) is 12.4 Å². The lowest BCUT2D eigenvalue weighted by Gasteiger charge is -2.25. The minimum atomic E-state index is -0.787. The van der Waals surface area contributed by atoms with Crippen LogP contribution in [0.15, 0.2) is 18.2 Å². The molecule has 2 N–H and O–H groups in total. The third-order valence-corrected chi connectivity index (χ3v) is 5.10. The molecule has 2 unspecified atom stereocenters. The van der Waals surface area contributed by atoms with Crippen molar-refractivity contribution in [3.63, 3.8) is 0 Å². The fraction of sp³-hybridized carbons (Fsp3) is 0.600. The molecule has 7 nitrogen and oxygen atoms in total. The Hall–Kier alpha value is -1.99. The molecule has 156 valence electrons. The van der Waals surface area contributed by atoms with E-state index in [-0.39, 0.29) is 42.7 Å². The Kier molecular flexibility index (Phi) is 7.95. The molecule has 1 amide bonds. The van der Waals surface area contributed by atoms with Crippen LogP contribution in [0, 0.1) is 11.8 Å². The molecular weight excluding hydrogens is 384 g/mol. The summed E-state index contributed by atoms with van der Waals surface area (Å²) in [6.45, 7) is 6.67. The number of nitrogens with one attached hydrogen (secondary N) is 1. The number of hydrogen-bond donors (Lipinski definition) is 2. The van der Waals surface area contributed by atoms with E-state index >= 15 is 0 Å². The summed E-state index contributed by atoms with van der Waals surface area (Å²) in [5.41, 5.74) is 0.979. The number of halogens is 1. The first-order valence-electron chi connectivity index (χ1n) is 9.58. The van der Waals surface area contributed by atoms with E-state index in [2.05, 4.69) is 19.2 Å². The van der Waals surface area contributed by atoms with Crippen molar-refractivity contribution in [3.8, 4) is 11.5 Å². The zero-order chi connectivity index (χ0) is 19.4. The number of fused-ring (bicyclic) bond motifs is 1. The van der Waals surface area contributed by atoms with E-state index in [0.717, 1.165) is 17.7 Å². The highest BCUT2D eigenvalue weighted by Crippen LogP contribution is 2.34. The van der Waals surface area contributed by atoms with Gasteiger partial charge in [0.05, 0.1) is 31.7 Å². The van der Waals surface area contributed by atoms with Crippen LogP contribution < -0.4 is 14.8 Å². The molecule has 1 aromatic carbocycles. The first-order chi connectivity index (χ1) is 12.9. The molecule has 0 aromatic heterocycles. The molecule has 3 rings (SSSR count). The first-order valence-corrected chi connectivity index (χ1v) is 9.58. The number of carbonyl (C=O) groups excluding carboxylic acids is 1. The summed E-state index contributed by atoms with van der Waals surface area (Å²) in [4.78, 5) is 25.5. The third-order valence-electron chi connectivity index (χ3n) is 5.10. The summed E-state index contributed by atoms with van der Waals surface area (Å²) in [6, 6.07) is 5.67. The fourth-order valence-electron chi connectivity index (χ4n) is 3.61. The van der Waals surface area contributed by atoms with Crippen LogP contribution in [0.4, 0.5) is 0 Å². The van der Waals surface area contributed by atoms with Gasteiger partial charge in [0, 0.05) is 13.0 Å². The Morgan fingerprint density at radius 1 is 1.25 bits per heavy atom. The lowest BCUT2D eigenvalue weighted by molar-refractivity contribution is -0.141.